The van der Waals surface area contributed by atoms with E-state index in [1.54, 1.807) is 18.0 Å². The first-order valence-electron chi connectivity index (χ1n) is 8.78. The molecule has 0 aromatic carbocycles. The van der Waals surface area contributed by atoms with Gasteiger partial charge in [0, 0.05) is 25.7 Å². The molecule has 8 nitrogen and oxygen atoms in total. The van der Waals surface area contributed by atoms with Crippen LogP contribution in [0.2, 0.25) is 0 Å². The fourth-order valence-electron chi connectivity index (χ4n) is 2.54. The van der Waals surface area contributed by atoms with Gasteiger partial charge in [-0.25, -0.2) is 14.8 Å². The number of carbonyl (C=O) groups is 2. The van der Waals surface area contributed by atoms with Crippen LogP contribution in [0.3, 0.4) is 0 Å². The Morgan fingerprint density at radius 1 is 1.28 bits per heavy atom. The maximum absolute atomic E-state index is 11.9. The second-order valence-electron chi connectivity index (χ2n) is 6.50. The molecule has 1 aliphatic heterocycles. The van der Waals surface area contributed by atoms with Crippen LogP contribution in [-0.2, 0) is 4.74 Å². The van der Waals surface area contributed by atoms with Crippen molar-refractivity contribution in [3.63, 3.8) is 0 Å². The molecular weight excluding hydrogens is 322 g/mol. The quantitative estimate of drug-likeness (QED) is 0.814. The lowest BCUT2D eigenvalue weighted by atomic mass is 10.1. The van der Waals surface area contributed by atoms with Gasteiger partial charge in [0.1, 0.15) is 11.5 Å². The molecule has 2 rings (SSSR count). The summed E-state index contributed by atoms with van der Waals surface area (Å²) in [5.74, 6) is 0.809. The molecule has 138 valence electrons. The number of carbonyl (C=O) groups excluding carboxylic acids is 2. The summed E-state index contributed by atoms with van der Waals surface area (Å²) in [4.78, 5) is 33.8. The molecule has 0 spiro atoms. The van der Waals surface area contributed by atoms with E-state index < -0.39 is 0 Å². The zero-order valence-electron chi connectivity index (χ0n) is 15.1. The molecule has 0 bridgehead atoms. The van der Waals surface area contributed by atoms with E-state index in [1.165, 1.54) is 6.20 Å². The van der Waals surface area contributed by atoms with Gasteiger partial charge in [0.15, 0.2) is 0 Å². The number of hydrogen-bond acceptors (Lipinski definition) is 6. The summed E-state index contributed by atoms with van der Waals surface area (Å²) in [6, 6.07) is 0.223. The van der Waals surface area contributed by atoms with E-state index in [2.05, 4.69) is 20.6 Å². The summed E-state index contributed by atoms with van der Waals surface area (Å²) >= 11 is 0. The highest BCUT2D eigenvalue weighted by Crippen LogP contribution is 2.15. The third-order valence-corrected chi connectivity index (χ3v) is 3.93. The molecule has 2 amide bonds. The van der Waals surface area contributed by atoms with Gasteiger partial charge < -0.3 is 20.3 Å². The highest BCUT2D eigenvalue weighted by atomic mass is 16.6. The first-order chi connectivity index (χ1) is 12.0. The zero-order valence-corrected chi connectivity index (χ0v) is 15.1. The van der Waals surface area contributed by atoms with Crippen molar-refractivity contribution in [1.82, 2.24) is 20.2 Å². The third kappa shape index (κ3) is 5.88. The van der Waals surface area contributed by atoms with Gasteiger partial charge in [-0.3, -0.25) is 4.79 Å². The van der Waals surface area contributed by atoms with E-state index in [4.69, 9.17) is 4.74 Å². The third-order valence-electron chi connectivity index (χ3n) is 3.93. The molecule has 1 aromatic heterocycles. The maximum Gasteiger partial charge on any atom is 0.409 e. The number of ether oxygens (including phenoxy) is 1. The molecule has 0 radical (unpaired) electrons. The lowest BCUT2D eigenvalue weighted by Crippen LogP contribution is -2.42. The molecular formula is C17H27N5O3. The van der Waals surface area contributed by atoms with Gasteiger partial charge in [0.2, 0.25) is 0 Å². The number of piperidine rings is 1. The van der Waals surface area contributed by atoms with Crippen LogP contribution in [-0.4, -0.2) is 59.2 Å². The number of amides is 2. The molecule has 0 aliphatic carbocycles. The Kier molecular flexibility index (Phi) is 6.97. The van der Waals surface area contributed by atoms with E-state index in [-0.39, 0.29) is 18.0 Å². The van der Waals surface area contributed by atoms with Crippen molar-refractivity contribution in [3.05, 3.63) is 18.1 Å². The zero-order chi connectivity index (χ0) is 18.2. The van der Waals surface area contributed by atoms with Gasteiger partial charge in [0.05, 0.1) is 19.0 Å². The van der Waals surface area contributed by atoms with Gasteiger partial charge >= 0.3 is 6.09 Å². The maximum atomic E-state index is 11.9. The summed E-state index contributed by atoms with van der Waals surface area (Å²) < 4.78 is 5.01. The van der Waals surface area contributed by atoms with Crippen molar-refractivity contribution in [2.45, 2.75) is 39.7 Å². The Morgan fingerprint density at radius 2 is 2.00 bits per heavy atom. The Labute approximate surface area is 148 Å². The van der Waals surface area contributed by atoms with Gasteiger partial charge in [-0.1, -0.05) is 13.8 Å². The number of anilines is 1. The number of nitrogens with one attached hydrogen (secondary N) is 2. The Morgan fingerprint density at radius 3 is 2.56 bits per heavy atom. The van der Waals surface area contributed by atoms with Crippen molar-refractivity contribution in [3.8, 4) is 0 Å². The molecule has 1 fully saturated rings. The topological polar surface area (TPSA) is 96.5 Å². The second kappa shape index (κ2) is 9.19. The average Bonchev–Trinajstić information content (AvgIpc) is 2.61. The Hall–Kier alpha value is -2.38. The number of aromatic nitrogens is 2. The Balaban J connectivity index is 1.80. The van der Waals surface area contributed by atoms with Crippen LogP contribution in [0, 0.1) is 5.92 Å². The normalized spacial score (nSPS) is 15.1. The van der Waals surface area contributed by atoms with E-state index >= 15 is 0 Å². The first kappa shape index (κ1) is 19.0. The van der Waals surface area contributed by atoms with Crippen LogP contribution in [0.5, 0.6) is 0 Å². The van der Waals surface area contributed by atoms with Crippen molar-refractivity contribution in [1.29, 1.82) is 0 Å². The van der Waals surface area contributed by atoms with Crippen LogP contribution < -0.4 is 10.6 Å². The van der Waals surface area contributed by atoms with E-state index in [9.17, 15) is 9.59 Å². The van der Waals surface area contributed by atoms with Gasteiger partial charge in [-0.2, -0.15) is 0 Å². The van der Waals surface area contributed by atoms with Gasteiger partial charge in [-0.15, -0.1) is 0 Å². The van der Waals surface area contributed by atoms with Crippen molar-refractivity contribution in [2.75, 3.05) is 31.6 Å². The fourth-order valence-corrected chi connectivity index (χ4v) is 2.54. The second-order valence-corrected chi connectivity index (χ2v) is 6.50. The summed E-state index contributed by atoms with van der Waals surface area (Å²) in [7, 11) is 0. The predicted octanol–water partition coefficient (Wildman–Crippen LogP) is 1.90. The van der Waals surface area contributed by atoms with Gasteiger partial charge in [-0.05, 0) is 25.7 Å². The first-order valence-corrected chi connectivity index (χ1v) is 8.78. The summed E-state index contributed by atoms with van der Waals surface area (Å²) in [5.41, 5.74) is 0.309. The fraction of sp³-hybridized carbons (Fsp3) is 0.647. The van der Waals surface area contributed by atoms with E-state index in [1.807, 2.05) is 13.8 Å². The van der Waals surface area contributed by atoms with Crippen molar-refractivity contribution < 1.29 is 14.3 Å². The van der Waals surface area contributed by atoms with Crippen LogP contribution in [0.15, 0.2) is 12.4 Å². The minimum atomic E-state index is -0.252. The monoisotopic (exact) mass is 349 g/mol. The minimum absolute atomic E-state index is 0.213. The summed E-state index contributed by atoms with van der Waals surface area (Å²) in [5, 5.41) is 6.12. The van der Waals surface area contributed by atoms with Crippen molar-refractivity contribution in [2.24, 2.45) is 5.92 Å². The van der Waals surface area contributed by atoms with Crippen LogP contribution in [0.25, 0.3) is 0 Å². The number of likely N-dealkylation sites (tertiary alicyclic amines) is 1. The molecule has 2 N–H and O–H groups in total. The molecule has 0 saturated carbocycles. The molecule has 0 atom stereocenters. The summed E-state index contributed by atoms with van der Waals surface area (Å²) in [6.07, 6.45) is 4.43. The number of hydrogen-bond donors (Lipinski definition) is 2. The predicted molar refractivity (Wildman–Crippen MR) is 94.4 cm³/mol. The Bertz CT molecular complexity index is 568. The van der Waals surface area contributed by atoms with E-state index in [0.29, 0.717) is 43.7 Å². The number of rotatable bonds is 6. The molecule has 8 heteroatoms. The van der Waals surface area contributed by atoms with Crippen LogP contribution in [0.4, 0.5) is 10.6 Å². The highest BCUT2D eigenvalue weighted by molar-refractivity contribution is 5.91. The summed E-state index contributed by atoms with van der Waals surface area (Å²) in [6.45, 7) is 8.18. The lowest BCUT2D eigenvalue weighted by Gasteiger charge is -2.31. The molecule has 1 aliphatic rings. The smallest absolute Gasteiger partial charge is 0.409 e. The van der Waals surface area contributed by atoms with Crippen LogP contribution in [0.1, 0.15) is 44.1 Å². The average molecular weight is 349 g/mol. The van der Waals surface area contributed by atoms with Gasteiger partial charge in [0.25, 0.3) is 5.91 Å². The molecule has 1 aromatic rings. The molecule has 0 unspecified atom stereocenters. The molecule has 1 saturated heterocycles. The minimum Gasteiger partial charge on any atom is -0.450 e. The standard InChI is InChI=1S/C17H27N5O3/c1-4-25-17(24)22-7-5-13(6-8-22)21-15-11-18-14(10-19-15)16(23)20-9-12(2)3/h10-13H,4-9H2,1-3H3,(H,19,21)(H,20,23). The number of nitrogens with zero attached hydrogens (tertiary/aromatic N) is 3. The largest absolute Gasteiger partial charge is 0.450 e. The lowest BCUT2D eigenvalue weighted by molar-refractivity contribution is 0.0942. The molecule has 2 heterocycles. The molecule has 25 heavy (non-hydrogen) atoms. The van der Waals surface area contributed by atoms with Crippen LogP contribution >= 0.6 is 0 Å². The van der Waals surface area contributed by atoms with Crippen molar-refractivity contribution >= 4 is 17.8 Å². The highest BCUT2D eigenvalue weighted by Gasteiger charge is 2.23. The SMILES string of the molecule is CCOC(=O)N1CCC(Nc2cnc(C(=O)NCC(C)C)cn2)CC1. The van der Waals surface area contributed by atoms with E-state index in [0.717, 1.165) is 12.8 Å².